The minimum absolute atomic E-state index is 0.0993. The molecule has 1 amide bonds. The van der Waals surface area contributed by atoms with Gasteiger partial charge in [0.05, 0.1) is 25.5 Å². The van der Waals surface area contributed by atoms with E-state index >= 15 is 0 Å². The van der Waals surface area contributed by atoms with Crippen LogP contribution in [0.15, 0.2) is 30.3 Å². The van der Waals surface area contributed by atoms with Crippen molar-refractivity contribution in [2.75, 3.05) is 31.2 Å². The van der Waals surface area contributed by atoms with Gasteiger partial charge >= 0.3 is 0 Å². The molecule has 0 unspecified atom stereocenters. The number of carbonyl (C=O) groups is 1. The van der Waals surface area contributed by atoms with Gasteiger partial charge < -0.3 is 15.0 Å². The monoisotopic (exact) mass is 438 g/mol. The van der Waals surface area contributed by atoms with Gasteiger partial charge in [-0.05, 0) is 53.8 Å². The molecule has 1 fully saturated rings. The predicted octanol–water partition coefficient (Wildman–Crippen LogP) is 2.16. The quantitative estimate of drug-likeness (QED) is 0.742. The van der Waals surface area contributed by atoms with Crippen LogP contribution in [-0.4, -0.2) is 42.2 Å². The van der Waals surface area contributed by atoms with Crippen molar-refractivity contribution in [2.45, 2.75) is 13.5 Å². The van der Waals surface area contributed by atoms with Gasteiger partial charge in [0, 0.05) is 27.9 Å². The molecule has 0 saturated carbocycles. The first-order valence-corrected chi connectivity index (χ1v) is 8.91. The standard InChI is InChI=1S/C17H19IN4O2/c1-12-9-15(21-17(20-12)22-5-7-24-8-6-22)11-19-16(23)13-3-2-4-14(18)10-13/h2-4,9-10H,5-8,11H2,1H3,(H,19,23). The normalized spacial score (nSPS) is 14.5. The number of rotatable bonds is 4. The van der Waals surface area contributed by atoms with Gasteiger partial charge in [0.15, 0.2) is 0 Å². The van der Waals surface area contributed by atoms with E-state index in [9.17, 15) is 4.79 Å². The Hall–Kier alpha value is -1.74. The molecule has 1 saturated heterocycles. The summed E-state index contributed by atoms with van der Waals surface area (Å²) >= 11 is 2.20. The number of aryl methyl sites for hydroxylation is 1. The Labute approximate surface area is 154 Å². The third-order valence-corrected chi connectivity index (χ3v) is 4.38. The SMILES string of the molecule is Cc1cc(CNC(=O)c2cccc(I)c2)nc(N2CCOCC2)n1. The molecule has 0 spiro atoms. The number of nitrogens with one attached hydrogen (secondary N) is 1. The lowest BCUT2D eigenvalue weighted by atomic mass is 10.2. The van der Waals surface area contributed by atoms with Crippen molar-refractivity contribution in [3.63, 3.8) is 0 Å². The van der Waals surface area contributed by atoms with Crippen LogP contribution < -0.4 is 10.2 Å². The Balaban J connectivity index is 1.68. The third kappa shape index (κ3) is 4.41. The van der Waals surface area contributed by atoms with Crippen LogP contribution in [0.3, 0.4) is 0 Å². The van der Waals surface area contributed by atoms with Crippen LogP contribution in [0, 0.1) is 10.5 Å². The average Bonchev–Trinajstić information content (AvgIpc) is 2.60. The van der Waals surface area contributed by atoms with E-state index in [1.54, 1.807) is 0 Å². The second kappa shape index (κ2) is 7.89. The molecular weight excluding hydrogens is 419 g/mol. The molecule has 2 heterocycles. The summed E-state index contributed by atoms with van der Waals surface area (Å²) in [5.41, 5.74) is 2.36. The number of carbonyl (C=O) groups excluding carboxylic acids is 1. The van der Waals surface area contributed by atoms with Crippen molar-refractivity contribution in [1.82, 2.24) is 15.3 Å². The molecule has 6 nitrogen and oxygen atoms in total. The van der Waals surface area contributed by atoms with Crippen LogP contribution in [0.25, 0.3) is 0 Å². The van der Waals surface area contributed by atoms with Gasteiger partial charge in [-0.3, -0.25) is 4.79 Å². The summed E-state index contributed by atoms with van der Waals surface area (Å²) in [5.74, 6) is 0.606. The highest BCUT2D eigenvalue weighted by Gasteiger charge is 2.15. The van der Waals surface area contributed by atoms with Gasteiger partial charge in [-0.15, -0.1) is 0 Å². The maximum Gasteiger partial charge on any atom is 0.251 e. The lowest BCUT2D eigenvalue weighted by Gasteiger charge is -2.27. The Kier molecular flexibility index (Phi) is 5.62. The first-order chi connectivity index (χ1) is 11.6. The zero-order valence-corrected chi connectivity index (χ0v) is 15.6. The fraction of sp³-hybridized carbons (Fsp3) is 0.353. The number of ether oxygens (including phenoxy) is 1. The van der Waals surface area contributed by atoms with Crippen LogP contribution in [0.2, 0.25) is 0 Å². The number of hydrogen-bond donors (Lipinski definition) is 1. The van der Waals surface area contributed by atoms with Crippen LogP contribution >= 0.6 is 22.6 Å². The number of hydrogen-bond acceptors (Lipinski definition) is 5. The van der Waals surface area contributed by atoms with Gasteiger partial charge in [0.25, 0.3) is 5.91 Å². The van der Waals surface area contributed by atoms with E-state index in [-0.39, 0.29) is 5.91 Å². The van der Waals surface area contributed by atoms with Gasteiger partial charge in [-0.2, -0.15) is 0 Å². The van der Waals surface area contributed by atoms with Crippen LogP contribution in [0.4, 0.5) is 5.95 Å². The number of amides is 1. The van der Waals surface area contributed by atoms with Crippen molar-refractivity contribution in [1.29, 1.82) is 0 Å². The molecular formula is C17H19IN4O2. The highest BCUT2D eigenvalue weighted by molar-refractivity contribution is 14.1. The van der Waals surface area contributed by atoms with Crippen LogP contribution in [0.1, 0.15) is 21.7 Å². The second-order valence-corrected chi connectivity index (χ2v) is 6.84. The topological polar surface area (TPSA) is 67.4 Å². The molecule has 1 aromatic carbocycles. The molecule has 0 radical (unpaired) electrons. The summed E-state index contributed by atoms with van der Waals surface area (Å²) in [7, 11) is 0. The summed E-state index contributed by atoms with van der Waals surface area (Å²) in [6.45, 7) is 5.28. The molecule has 0 bridgehead atoms. The molecule has 1 aliphatic heterocycles. The van der Waals surface area contributed by atoms with Gasteiger partial charge in [0.1, 0.15) is 0 Å². The largest absolute Gasteiger partial charge is 0.378 e. The zero-order chi connectivity index (χ0) is 16.9. The number of halogens is 1. The van der Waals surface area contributed by atoms with Crippen LogP contribution in [0.5, 0.6) is 0 Å². The molecule has 7 heteroatoms. The molecule has 126 valence electrons. The van der Waals surface area contributed by atoms with E-state index < -0.39 is 0 Å². The summed E-state index contributed by atoms with van der Waals surface area (Å²) in [6.07, 6.45) is 0. The number of nitrogens with zero attached hydrogens (tertiary/aromatic N) is 3. The number of morpholine rings is 1. The molecule has 0 atom stereocenters. The Bertz CT molecular complexity index is 732. The minimum Gasteiger partial charge on any atom is -0.378 e. The lowest BCUT2D eigenvalue weighted by molar-refractivity contribution is 0.0950. The zero-order valence-electron chi connectivity index (χ0n) is 13.5. The van der Waals surface area contributed by atoms with Crippen molar-refractivity contribution in [3.05, 3.63) is 50.9 Å². The molecule has 3 rings (SSSR count). The Morgan fingerprint density at radius 3 is 2.83 bits per heavy atom. The van der Waals surface area contributed by atoms with Gasteiger partial charge in [-0.25, -0.2) is 9.97 Å². The van der Waals surface area contributed by atoms with E-state index in [1.165, 1.54) is 0 Å². The summed E-state index contributed by atoms with van der Waals surface area (Å²) in [5, 5.41) is 2.92. The van der Waals surface area contributed by atoms with E-state index in [1.807, 2.05) is 37.3 Å². The third-order valence-electron chi connectivity index (χ3n) is 3.71. The number of benzene rings is 1. The molecule has 1 N–H and O–H groups in total. The van der Waals surface area contributed by atoms with E-state index in [4.69, 9.17) is 4.74 Å². The molecule has 1 aromatic heterocycles. The second-order valence-electron chi connectivity index (χ2n) is 5.59. The first-order valence-electron chi connectivity index (χ1n) is 7.83. The smallest absolute Gasteiger partial charge is 0.251 e. The van der Waals surface area contributed by atoms with Crippen molar-refractivity contribution >= 4 is 34.4 Å². The summed E-state index contributed by atoms with van der Waals surface area (Å²) in [6, 6.07) is 9.41. The molecule has 24 heavy (non-hydrogen) atoms. The van der Waals surface area contributed by atoms with Crippen molar-refractivity contribution in [3.8, 4) is 0 Å². The van der Waals surface area contributed by atoms with Crippen LogP contribution in [-0.2, 0) is 11.3 Å². The molecule has 2 aromatic rings. The van der Waals surface area contributed by atoms with Crippen molar-refractivity contribution in [2.24, 2.45) is 0 Å². The number of anilines is 1. The average molecular weight is 438 g/mol. The Morgan fingerprint density at radius 1 is 1.29 bits per heavy atom. The molecule has 0 aliphatic carbocycles. The fourth-order valence-electron chi connectivity index (χ4n) is 2.51. The maximum atomic E-state index is 12.3. The maximum absolute atomic E-state index is 12.3. The minimum atomic E-state index is -0.0993. The Morgan fingerprint density at radius 2 is 2.08 bits per heavy atom. The molecule has 1 aliphatic rings. The predicted molar refractivity (Wildman–Crippen MR) is 100 cm³/mol. The van der Waals surface area contributed by atoms with E-state index in [0.29, 0.717) is 31.3 Å². The van der Waals surface area contributed by atoms with E-state index in [0.717, 1.165) is 28.0 Å². The van der Waals surface area contributed by atoms with Gasteiger partial charge in [-0.1, -0.05) is 6.07 Å². The van der Waals surface area contributed by atoms with Crippen molar-refractivity contribution < 1.29 is 9.53 Å². The summed E-state index contributed by atoms with van der Waals surface area (Å²) < 4.78 is 6.40. The highest BCUT2D eigenvalue weighted by atomic mass is 127. The van der Waals surface area contributed by atoms with E-state index in [2.05, 4.69) is 42.8 Å². The lowest BCUT2D eigenvalue weighted by Crippen LogP contribution is -2.37. The summed E-state index contributed by atoms with van der Waals surface area (Å²) in [4.78, 5) is 23.5. The fourth-order valence-corrected chi connectivity index (χ4v) is 3.06. The first kappa shape index (κ1) is 17.1. The number of aromatic nitrogens is 2. The van der Waals surface area contributed by atoms with Gasteiger partial charge in [0.2, 0.25) is 5.95 Å². The highest BCUT2D eigenvalue weighted by Crippen LogP contribution is 2.13.